The number of aromatic nitrogens is 3. The lowest BCUT2D eigenvalue weighted by atomic mass is 10.1. The Morgan fingerprint density at radius 1 is 1.47 bits per heavy atom. The highest BCUT2D eigenvalue weighted by Crippen LogP contribution is 2.19. The standard InChI is InChI=1S/C11H13BrN4S/c1-2-14-10(11-7-17-16-15-11)4-8-3-9(12)6-13-5-8/h3,5-7,10,14H,2,4H2,1H3. The highest BCUT2D eigenvalue weighted by Gasteiger charge is 2.14. The van der Waals surface area contributed by atoms with Crippen molar-refractivity contribution in [2.45, 2.75) is 19.4 Å². The van der Waals surface area contributed by atoms with E-state index in [0.29, 0.717) is 0 Å². The molecule has 0 aliphatic carbocycles. The van der Waals surface area contributed by atoms with Gasteiger partial charge in [0, 0.05) is 22.2 Å². The summed E-state index contributed by atoms with van der Waals surface area (Å²) in [5.74, 6) is 0. The molecule has 0 spiro atoms. The molecule has 1 atom stereocenters. The Balaban J connectivity index is 2.13. The quantitative estimate of drug-likeness (QED) is 0.922. The monoisotopic (exact) mass is 312 g/mol. The molecule has 0 saturated heterocycles. The zero-order valence-electron chi connectivity index (χ0n) is 9.43. The molecule has 0 aromatic carbocycles. The molecule has 2 heterocycles. The zero-order valence-corrected chi connectivity index (χ0v) is 11.8. The van der Waals surface area contributed by atoms with E-state index >= 15 is 0 Å². The van der Waals surface area contributed by atoms with Crippen LogP contribution in [-0.2, 0) is 6.42 Å². The van der Waals surface area contributed by atoms with E-state index in [9.17, 15) is 0 Å². The largest absolute Gasteiger partial charge is 0.309 e. The number of hydrogen-bond acceptors (Lipinski definition) is 5. The molecule has 1 unspecified atom stereocenters. The molecular formula is C11H13BrN4S. The van der Waals surface area contributed by atoms with Crippen LogP contribution in [-0.4, -0.2) is 21.1 Å². The first-order valence-corrected chi connectivity index (χ1v) is 7.02. The number of nitrogens with one attached hydrogen (secondary N) is 1. The van der Waals surface area contributed by atoms with Crippen molar-refractivity contribution >= 4 is 27.5 Å². The second kappa shape index (κ2) is 6.18. The molecule has 2 aromatic heterocycles. The van der Waals surface area contributed by atoms with Gasteiger partial charge in [0.1, 0.15) is 0 Å². The van der Waals surface area contributed by atoms with Crippen molar-refractivity contribution < 1.29 is 0 Å². The van der Waals surface area contributed by atoms with E-state index in [2.05, 4.69) is 48.8 Å². The van der Waals surface area contributed by atoms with Crippen LogP contribution in [0.15, 0.2) is 28.3 Å². The summed E-state index contributed by atoms with van der Waals surface area (Å²) in [6.07, 6.45) is 4.54. The van der Waals surface area contributed by atoms with Gasteiger partial charge in [0.05, 0.1) is 11.7 Å². The number of likely N-dealkylation sites (N-methyl/N-ethyl adjacent to an activating group) is 1. The fraction of sp³-hybridized carbons (Fsp3) is 0.364. The van der Waals surface area contributed by atoms with Crippen LogP contribution < -0.4 is 5.32 Å². The van der Waals surface area contributed by atoms with Crippen LogP contribution in [0.4, 0.5) is 0 Å². The maximum atomic E-state index is 4.17. The Hall–Kier alpha value is -0.850. The molecule has 0 bridgehead atoms. The Bertz CT molecular complexity index is 460. The maximum Gasteiger partial charge on any atom is 0.0928 e. The van der Waals surface area contributed by atoms with Gasteiger partial charge in [-0.3, -0.25) is 4.98 Å². The minimum atomic E-state index is 0.204. The van der Waals surface area contributed by atoms with Crippen LogP contribution in [0.2, 0.25) is 0 Å². The second-order valence-electron chi connectivity index (χ2n) is 3.66. The Kier molecular flexibility index (Phi) is 4.58. The van der Waals surface area contributed by atoms with E-state index in [1.54, 1.807) is 6.20 Å². The average Bonchev–Trinajstić information content (AvgIpc) is 2.82. The van der Waals surface area contributed by atoms with E-state index in [4.69, 9.17) is 0 Å². The SMILES string of the molecule is CCNC(Cc1cncc(Br)c1)c1csnn1. The minimum absolute atomic E-state index is 0.204. The molecule has 4 nitrogen and oxygen atoms in total. The van der Waals surface area contributed by atoms with Crippen LogP contribution in [0.25, 0.3) is 0 Å². The first-order chi connectivity index (χ1) is 8.29. The van der Waals surface area contributed by atoms with Crippen LogP contribution in [0.3, 0.4) is 0 Å². The van der Waals surface area contributed by atoms with Gasteiger partial charge in [0.15, 0.2) is 0 Å². The molecule has 6 heteroatoms. The second-order valence-corrected chi connectivity index (χ2v) is 5.18. The van der Waals surface area contributed by atoms with Gasteiger partial charge in [-0.05, 0) is 52.1 Å². The number of nitrogens with zero attached hydrogens (tertiary/aromatic N) is 3. The van der Waals surface area contributed by atoms with Gasteiger partial charge in [0.2, 0.25) is 0 Å². The third kappa shape index (κ3) is 3.55. The van der Waals surface area contributed by atoms with Crippen molar-refractivity contribution in [2.24, 2.45) is 0 Å². The molecule has 2 rings (SSSR count). The van der Waals surface area contributed by atoms with Gasteiger partial charge in [-0.1, -0.05) is 11.4 Å². The van der Waals surface area contributed by atoms with E-state index in [0.717, 1.165) is 23.1 Å². The van der Waals surface area contributed by atoms with Crippen molar-refractivity contribution in [2.75, 3.05) is 6.54 Å². The summed E-state index contributed by atoms with van der Waals surface area (Å²) in [6.45, 7) is 3.00. The molecule has 0 aliphatic rings. The van der Waals surface area contributed by atoms with Crippen molar-refractivity contribution in [3.05, 3.63) is 39.6 Å². The number of pyridine rings is 1. The van der Waals surface area contributed by atoms with Crippen LogP contribution in [0, 0.1) is 0 Å². The molecular weight excluding hydrogens is 300 g/mol. The zero-order chi connectivity index (χ0) is 12.1. The van der Waals surface area contributed by atoms with Crippen molar-refractivity contribution in [3.8, 4) is 0 Å². The topological polar surface area (TPSA) is 50.7 Å². The fourth-order valence-corrected chi connectivity index (χ4v) is 2.57. The lowest BCUT2D eigenvalue weighted by Gasteiger charge is -2.15. The molecule has 90 valence electrons. The average molecular weight is 313 g/mol. The van der Waals surface area contributed by atoms with Crippen LogP contribution in [0.1, 0.15) is 24.2 Å². The number of halogens is 1. The predicted octanol–water partition coefficient (Wildman–Crippen LogP) is 2.59. The summed E-state index contributed by atoms with van der Waals surface area (Å²) in [6, 6.07) is 2.28. The van der Waals surface area contributed by atoms with Crippen LogP contribution >= 0.6 is 27.5 Å². The first kappa shape index (κ1) is 12.6. The third-order valence-corrected chi connectivity index (χ3v) is 3.34. The van der Waals surface area contributed by atoms with Crippen molar-refractivity contribution in [1.82, 2.24) is 19.9 Å². The third-order valence-electron chi connectivity index (χ3n) is 2.39. The van der Waals surface area contributed by atoms with Gasteiger partial charge in [-0.25, -0.2) is 0 Å². The minimum Gasteiger partial charge on any atom is -0.309 e. The van der Waals surface area contributed by atoms with Gasteiger partial charge >= 0.3 is 0 Å². The van der Waals surface area contributed by atoms with E-state index in [1.165, 1.54) is 17.1 Å². The maximum absolute atomic E-state index is 4.17. The molecule has 0 aliphatic heterocycles. The molecule has 1 N–H and O–H groups in total. The normalized spacial score (nSPS) is 12.6. The predicted molar refractivity (Wildman–Crippen MR) is 72.0 cm³/mol. The molecule has 17 heavy (non-hydrogen) atoms. The highest BCUT2D eigenvalue weighted by molar-refractivity contribution is 9.10. The lowest BCUT2D eigenvalue weighted by Crippen LogP contribution is -2.23. The van der Waals surface area contributed by atoms with E-state index in [1.807, 2.05) is 11.6 Å². The summed E-state index contributed by atoms with van der Waals surface area (Å²) in [5.41, 5.74) is 2.18. The Labute approximate surface area is 113 Å². The molecule has 0 amide bonds. The van der Waals surface area contributed by atoms with Gasteiger partial charge < -0.3 is 5.32 Å². The summed E-state index contributed by atoms with van der Waals surface area (Å²) in [5, 5.41) is 9.53. The van der Waals surface area contributed by atoms with Gasteiger partial charge in [0.25, 0.3) is 0 Å². The summed E-state index contributed by atoms with van der Waals surface area (Å²) < 4.78 is 4.91. The first-order valence-electron chi connectivity index (χ1n) is 5.39. The molecule has 0 radical (unpaired) electrons. The number of rotatable bonds is 5. The lowest BCUT2D eigenvalue weighted by molar-refractivity contribution is 0.535. The Morgan fingerprint density at radius 2 is 2.35 bits per heavy atom. The summed E-state index contributed by atoms with van der Waals surface area (Å²) in [7, 11) is 0. The highest BCUT2D eigenvalue weighted by atomic mass is 79.9. The van der Waals surface area contributed by atoms with Crippen molar-refractivity contribution in [1.29, 1.82) is 0 Å². The van der Waals surface area contributed by atoms with Crippen LogP contribution in [0.5, 0.6) is 0 Å². The van der Waals surface area contributed by atoms with Gasteiger partial charge in [-0.15, -0.1) is 5.10 Å². The van der Waals surface area contributed by atoms with E-state index in [-0.39, 0.29) is 6.04 Å². The summed E-state index contributed by atoms with van der Waals surface area (Å²) in [4.78, 5) is 4.17. The molecule has 0 saturated carbocycles. The molecule has 0 fully saturated rings. The summed E-state index contributed by atoms with van der Waals surface area (Å²) >= 11 is 4.81. The smallest absolute Gasteiger partial charge is 0.0928 e. The van der Waals surface area contributed by atoms with E-state index < -0.39 is 0 Å². The number of hydrogen-bond donors (Lipinski definition) is 1. The van der Waals surface area contributed by atoms with Crippen molar-refractivity contribution in [3.63, 3.8) is 0 Å². The Morgan fingerprint density at radius 3 is 3.00 bits per heavy atom. The fourth-order valence-electron chi connectivity index (χ4n) is 1.65. The van der Waals surface area contributed by atoms with Gasteiger partial charge in [-0.2, -0.15) is 0 Å². The molecule has 2 aromatic rings.